The first kappa shape index (κ1) is 16.5. The minimum atomic E-state index is -0.310. The number of amides is 1. The Morgan fingerprint density at radius 3 is 2.09 bits per heavy atom. The smallest absolute Gasteiger partial charge is 0.259 e. The zero-order valence-electron chi connectivity index (χ0n) is 13.6. The molecule has 0 saturated carbocycles. The maximum atomic E-state index is 12.5. The van der Waals surface area contributed by atoms with E-state index < -0.39 is 0 Å². The van der Waals surface area contributed by atoms with Gasteiger partial charge in [0, 0.05) is 11.3 Å². The maximum Gasteiger partial charge on any atom is 0.259 e. The largest absolute Gasteiger partial charge is 0.496 e. The Morgan fingerprint density at radius 2 is 1.57 bits per heavy atom. The Bertz CT molecular complexity index is 735. The average Bonchev–Trinajstić information content (AvgIpc) is 2.54. The first-order valence-corrected chi connectivity index (χ1v) is 7.11. The van der Waals surface area contributed by atoms with Crippen LogP contribution in [0.5, 0.6) is 11.5 Å². The lowest BCUT2D eigenvalue weighted by Crippen LogP contribution is -2.13. The van der Waals surface area contributed by atoms with E-state index in [1.807, 2.05) is 6.92 Å². The van der Waals surface area contributed by atoms with Crippen molar-refractivity contribution in [3.05, 3.63) is 53.1 Å². The van der Waals surface area contributed by atoms with E-state index in [-0.39, 0.29) is 11.7 Å². The molecular weight excluding hydrogens is 294 g/mol. The van der Waals surface area contributed by atoms with Crippen LogP contribution in [0.25, 0.3) is 0 Å². The van der Waals surface area contributed by atoms with E-state index in [4.69, 9.17) is 9.47 Å². The van der Waals surface area contributed by atoms with E-state index in [0.717, 1.165) is 5.56 Å². The van der Waals surface area contributed by atoms with Gasteiger partial charge in [-0.2, -0.15) is 0 Å². The molecule has 5 heteroatoms. The summed E-state index contributed by atoms with van der Waals surface area (Å²) >= 11 is 0. The molecule has 0 radical (unpaired) electrons. The molecule has 1 amide bonds. The topological polar surface area (TPSA) is 64.6 Å². The molecule has 0 saturated heterocycles. The summed E-state index contributed by atoms with van der Waals surface area (Å²) < 4.78 is 10.5. The van der Waals surface area contributed by atoms with Gasteiger partial charge in [-0.3, -0.25) is 9.59 Å². The van der Waals surface area contributed by atoms with Crippen LogP contribution in [0, 0.1) is 6.92 Å². The van der Waals surface area contributed by atoms with Crippen molar-refractivity contribution in [2.24, 2.45) is 0 Å². The van der Waals surface area contributed by atoms with Crippen molar-refractivity contribution in [3.63, 3.8) is 0 Å². The molecule has 1 N–H and O–H groups in total. The number of hydrogen-bond acceptors (Lipinski definition) is 4. The highest BCUT2D eigenvalue weighted by Crippen LogP contribution is 2.28. The number of hydrogen-bond donors (Lipinski definition) is 1. The van der Waals surface area contributed by atoms with E-state index in [1.165, 1.54) is 14.0 Å². The van der Waals surface area contributed by atoms with Crippen molar-refractivity contribution in [3.8, 4) is 11.5 Å². The third-order valence-corrected chi connectivity index (χ3v) is 3.51. The van der Waals surface area contributed by atoms with Crippen molar-refractivity contribution < 1.29 is 19.1 Å². The fourth-order valence-corrected chi connectivity index (χ4v) is 2.21. The minimum absolute atomic E-state index is 0.0205. The number of carbonyl (C=O) groups excluding carboxylic acids is 2. The average molecular weight is 313 g/mol. The van der Waals surface area contributed by atoms with Crippen molar-refractivity contribution in [1.29, 1.82) is 0 Å². The van der Waals surface area contributed by atoms with Gasteiger partial charge in [0.25, 0.3) is 5.91 Å². The van der Waals surface area contributed by atoms with Gasteiger partial charge in [-0.1, -0.05) is 0 Å². The molecule has 2 aromatic carbocycles. The number of rotatable bonds is 5. The van der Waals surface area contributed by atoms with Gasteiger partial charge in [-0.15, -0.1) is 0 Å². The third-order valence-electron chi connectivity index (χ3n) is 3.51. The highest BCUT2D eigenvalue weighted by atomic mass is 16.5. The molecule has 0 fully saturated rings. The summed E-state index contributed by atoms with van der Waals surface area (Å²) in [5, 5.41) is 2.78. The highest BCUT2D eigenvalue weighted by molar-refractivity contribution is 6.06. The van der Waals surface area contributed by atoms with E-state index in [0.29, 0.717) is 28.3 Å². The summed E-state index contributed by atoms with van der Waals surface area (Å²) in [6.45, 7) is 3.38. The molecule has 0 bridgehead atoms. The Morgan fingerprint density at radius 1 is 0.957 bits per heavy atom. The van der Waals surface area contributed by atoms with Gasteiger partial charge in [0.2, 0.25) is 0 Å². The number of ether oxygens (including phenoxy) is 2. The summed E-state index contributed by atoms with van der Waals surface area (Å²) in [5.41, 5.74) is 2.46. The molecule has 23 heavy (non-hydrogen) atoms. The van der Waals surface area contributed by atoms with E-state index in [2.05, 4.69) is 5.32 Å². The fraction of sp³-hybridized carbons (Fsp3) is 0.222. The second kappa shape index (κ2) is 6.96. The quantitative estimate of drug-likeness (QED) is 0.859. The van der Waals surface area contributed by atoms with Gasteiger partial charge >= 0.3 is 0 Å². The normalized spacial score (nSPS) is 10.1. The van der Waals surface area contributed by atoms with Crippen molar-refractivity contribution >= 4 is 17.4 Å². The van der Waals surface area contributed by atoms with Crippen LogP contribution in [-0.4, -0.2) is 25.9 Å². The molecule has 120 valence electrons. The van der Waals surface area contributed by atoms with E-state index in [9.17, 15) is 9.59 Å². The number of methoxy groups -OCH3 is 2. The number of Topliss-reactive ketones (excluding diaryl/α,β-unsaturated/α-hetero) is 1. The molecule has 0 aliphatic carbocycles. The van der Waals surface area contributed by atoms with Crippen molar-refractivity contribution in [2.75, 3.05) is 19.5 Å². The molecule has 0 spiro atoms. The molecule has 0 aromatic heterocycles. The number of ketones is 1. The number of benzene rings is 2. The monoisotopic (exact) mass is 313 g/mol. The zero-order chi connectivity index (χ0) is 17.0. The first-order valence-electron chi connectivity index (χ1n) is 7.11. The molecule has 0 unspecified atom stereocenters. The molecule has 5 nitrogen and oxygen atoms in total. The van der Waals surface area contributed by atoms with Gasteiger partial charge in [0.1, 0.15) is 11.5 Å². The van der Waals surface area contributed by atoms with E-state index >= 15 is 0 Å². The lowest BCUT2D eigenvalue weighted by atomic mass is 10.1. The standard InChI is InChI=1S/C18H19NO4/c1-11-9-17(23-4)15(10-16(11)22-3)18(21)19-14-7-5-13(6-8-14)12(2)20/h5-10H,1-4H3,(H,19,21). The molecule has 0 atom stereocenters. The number of nitrogens with one attached hydrogen (secondary N) is 1. The van der Waals surface area contributed by atoms with Crippen LogP contribution >= 0.6 is 0 Å². The van der Waals surface area contributed by atoms with Gasteiger partial charge in [-0.05, 0) is 55.8 Å². The third kappa shape index (κ3) is 3.69. The molecule has 0 aliphatic heterocycles. The highest BCUT2D eigenvalue weighted by Gasteiger charge is 2.16. The summed E-state index contributed by atoms with van der Waals surface area (Å²) in [6, 6.07) is 10.1. The van der Waals surface area contributed by atoms with Crippen LogP contribution in [0.4, 0.5) is 5.69 Å². The number of anilines is 1. The summed E-state index contributed by atoms with van der Waals surface area (Å²) in [6.07, 6.45) is 0. The second-order valence-corrected chi connectivity index (χ2v) is 5.11. The maximum absolute atomic E-state index is 12.5. The second-order valence-electron chi connectivity index (χ2n) is 5.11. The van der Waals surface area contributed by atoms with Crippen LogP contribution in [0.3, 0.4) is 0 Å². The SMILES string of the molecule is COc1cc(C(=O)Nc2ccc(C(C)=O)cc2)c(OC)cc1C. The van der Waals surface area contributed by atoms with E-state index in [1.54, 1.807) is 43.5 Å². The fourth-order valence-electron chi connectivity index (χ4n) is 2.21. The lowest BCUT2D eigenvalue weighted by molar-refractivity contribution is 0.101. The Kier molecular flexibility index (Phi) is 5.01. The van der Waals surface area contributed by atoms with Crippen LogP contribution in [0.2, 0.25) is 0 Å². The van der Waals surface area contributed by atoms with Crippen LogP contribution in [-0.2, 0) is 0 Å². The Labute approximate surface area is 135 Å². The number of carbonyl (C=O) groups is 2. The predicted molar refractivity (Wildman–Crippen MR) is 88.7 cm³/mol. The van der Waals surface area contributed by atoms with Crippen LogP contribution in [0.1, 0.15) is 33.2 Å². The van der Waals surface area contributed by atoms with Crippen LogP contribution in [0.15, 0.2) is 36.4 Å². The molecule has 2 rings (SSSR count). The predicted octanol–water partition coefficient (Wildman–Crippen LogP) is 3.47. The van der Waals surface area contributed by atoms with Gasteiger partial charge in [-0.25, -0.2) is 0 Å². The van der Waals surface area contributed by atoms with Gasteiger partial charge in [0.05, 0.1) is 19.8 Å². The lowest BCUT2D eigenvalue weighted by Gasteiger charge is -2.13. The molecule has 2 aromatic rings. The van der Waals surface area contributed by atoms with Gasteiger partial charge in [0.15, 0.2) is 5.78 Å². The molecule has 0 heterocycles. The Hall–Kier alpha value is -2.82. The molecular formula is C18H19NO4. The summed E-state index contributed by atoms with van der Waals surface area (Å²) in [4.78, 5) is 23.7. The summed E-state index contributed by atoms with van der Waals surface area (Å²) in [7, 11) is 3.07. The zero-order valence-corrected chi connectivity index (χ0v) is 13.6. The first-order chi connectivity index (χ1) is 11.0. The van der Waals surface area contributed by atoms with Crippen molar-refractivity contribution in [2.45, 2.75) is 13.8 Å². The van der Waals surface area contributed by atoms with Gasteiger partial charge < -0.3 is 14.8 Å². The molecule has 0 aliphatic rings. The van der Waals surface area contributed by atoms with Crippen LogP contribution < -0.4 is 14.8 Å². The Balaban J connectivity index is 2.28. The number of aryl methyl sites for hydroxylation is 1. The minimum Gasteiger partial charge on any atom is -0.496 e. The van der Waals surface area contributed by atoms with Crippen molar-refractivity contribution in [1.82, 2.24) is 0 Å². The summed E-state index contributed by atoms with van der Waals surface area (Å²) in [5.74, 6) is 0.757.